The van der Waals surface area contributed by atoms with Gasteiger partial charge in [0.15, 0.2) is 0 Å². The van der Waals surface area contributed by atoms with E-state index in [1.807, 2.05) is 19.1 Å². The first-order valence-corrected chi connectivity index (χ1v) is 4.82. The van der Waals surface area contributed by atoms with Gasteiger partial charge in [-0.3, -0.25) is 9.78 Å². The van der Waals surface area contributed by atoms with Crippen LogP contribution in [0.25, 0.3) is 10.9 Å². The number of nitrogens with two attached hydrogens (primary N) is 1. The molecule has 0 aliphatic rings. The zero-order valence-corrected chi connectivity index (χ0v) is 8.88. The number of hydrogen-bond donors (Lipinski definition) is 1. The molecule has 76 valence electrons. The second kappa shape index (κ2) is 3.51. The summed E-state index contributed by atoms with van der Waals surface area (Å²) >= 11 is 5.90. The number of halogens is 1. The molecule has 0 unspecified atom stereocenters. The van der Waals surface area contributed by atoms with Crippen LogP contribution in [0.4, 0.5) is 0 Å². The monoisotopic (exact) mass is 220 g/mol. The molecule has 0 atom stereocenters. The van der Waals surface area contributed by atoms with E-state index in [1.54, 1.807) is 12.3 Å². The Labute approximate surface area is 91.9 Å². The molecular weight excluding hydrogens is 212 g/mol. The highest BCUT2D eigenvalue weighted by molar-refractivity contribution is 6.35. The van der Waals surface area contributed by atoms with E-state index in [2.05, 4.69) is 4.98 Å². The molecular formula is C11H9ClN2O. The summed E-state index contributed by atoms with van der Waals surface area (Å²) in [4.78, 5) is 15.4. The second-order valence-electron chi connectivity index (χ2n) is 3.37. The summed E-state index contributed by atoms with van der Waals surface area (Å²) in [5.41, 5.74) is 7.13. The van der Waals surface area contributed by atoms with Crippen molar-refractivity contribution >= 4 is 28.4 Å². The van der Waals surface area contributed by atoms with Gasteiger partial charge in [0.2, 0.25) is 0 Å². The summed E-state index contributed by atoms with van der Waals surface area (Å²) in [7, 11) is 0. The second-order valence-corrected chi connectivity index (χ2v) is 3.78. The number of aromatic nitrogens is 1. The lowest BCUT2D eigenvalue weighted by Crippen LogP contribution is -2.12. The number of aryl methyl sites for hydroxylation is 1. The van der Waals surface area contributed by atoms with E-state index in [4.69, 9.17) is 17.3 Å². The predicted octanol–water partition coefficient (Wildman–Crippen LogP) is 2.30. The number of carbonyl (C=O) groups excluding carboxylic acids is 1. The average molecular weight is 221 g/mol. The van der Waals surface area contributed by atoms with Crippen molar-refractivity contribution in [1.82, 2.24) is 4.98 Å². The highest BCUT2D eigenvalue weighted by atomic mass is 35.5. The van der Waals surface area contributed by atoms with E-state index in [0.717, 1.165) is 10.9 Å². The van der Waals surface area contributed by atoms with Crippen molar-refractivity contribution < 1.29 is 4.79 Å². The Kier molecular flexibility index (Phi) is 2.32. The lowest BCUT2D eigenvalue weighted by molar-refractivity contribution is 0.100. The fourth-order valence-corrected chi connectivity index (χ4v) is 1.77. The number of benzene rings is 1. The lowest BCUT2D eigenvalue weighted by atomic mass is 10.1. The Balaban J connectivity index is 2.88. The molecule has 2 rings (SSSR count). The smallest absolute Gasteiger partial charge is 0.252 e. The third-order valence-corrected chi connectivity index (χ3v) is 2.50. The molecule has 0 bridgehead atoms. The number of rotatable bonds is 1. The fourth-order valence-electron chi connectivity index (χ4n) is 1.52. The Hall–Kier alpha value is -1.61. The topological polar surface area (TPSA) is 56.0 Å². The van der Waals surface area contributed by atoms with Gasteiger partial charge < -0.3 is 5.73 Å². The van der Waals surface area contributed by atoms with Gasteiger partial charge in [-0.1, -0.05) is 17.7 Å². The van der Waals surface area contributed by atoms with Crippen molar-refractivity contribution in [2.45, 2.75) is 6.92 Å². The maximum absolute atomic E-state index is 11.2. The first-order chi connectivity index (χ1) is 7.09. The number of carbonyl (C=O) groups is 1. The molecule has 0 saturated heterocycles. The van der Waals surface area contributed by atoms with Crippen LogP contribution in [0, 0.1) is 6.92 Å². The first-order valence-electron chi connectivity index (χ1n) is 4.44. The fraction of sp³-hybridized carbons (Fsp3) is 0.0909. The highest BCUT2D eigenvalue weighted by Gasteiger charge is 2.12. The van der Waals surface area contributed by atoms with Crippen LogP contribution in [0.1, 0.15) is 15.9 Å². The van der Waals surface area contributed by atoms with Gasteiger partial charge in [0.1, 0.15) is 0 Å². The van der Waals surface area contributed by atoms with Crippen LogP contribution in [-0.2, 0) is 0 Å². The SMILES string of the molecule is Cc1cnc2c(C(N)=O)c(Cl)ccc2c1. The number of hydrogen-bond acceptors (Lipinski definition) is 2. The van der Waals surface area contributed by atoms with Crippen molar-refractivity contribution in [2.75, 3.05) is 0 Å². The summed E-state index contributed by atoms with van der Waals surface area (Å²) in [5, 5.41) is 1.21. The number of pyridine rings is 1. The zero-order valence-electron chi connectivity index (χ0n) is 8.12. The van der Waals surface area contributed by atoms with E-state index < -0.39 is 5.91 Å². The molecule has 0 aliphatic carbocycles. The lowest BCUT2D eigenvalue weighted by Gasteiger charge is -2.05. The first kappa shape index (κ1) is 9.93. The van der Waals surface area contributed by atoms with Crippen molar-refractivity contribution in [3.8, 4) is 0 Å². The van der Waals surface area contributed by atoms with Crippen LogP contribution in [0.2, 0.25) is 5.02 Å². The van der Waals surface area contributed by atoms with Gasteiger partial charge in [-0.05, 0) is 24.6 Å². The molecule has 4 heteroatoms. The molecule has 1 aromatic heterocycles. The molecule has 1 aromatic carbocycles. The van der Waals surface area contributed by atoms with Crippen LogP contribution in [-0.4, -0.2) is 10.9 Å². The molecule has 0 radical (unpaired) electrons. The van der Waals surface area contributed by atoms with E-state index >= 15 is 0 Å². The zero-order chi connectivity index (χ0) is 11.0. The van der Waals surface area contributed by atoms with Gasteiger partial charge in [0.05, 0.1) is 16.1 Å². The van der Waals surface area contributed by atoms with Crippen molar-refractivity contribution in [3.63, 3.8) is 0 Å². The Morgan fingerprint density at radius 3 is 2.87 bits per heavy atom. The Morgan fingerprint density at radius 1 is 1.47 bits per heavy atom. The van der Waals surface area contributed by atoms with Crippen molar-refractivity contribution in [2.24, 2.45) is 5.73 Å². The summed E-state index contributed by atoms with van der Waals surface area (Å²) in [5.74, 6) is -0.554. The van der Waals surface area contributed by atoms with Crippen molar-refractivity contribution in [3.05, 3.63) is 40.5 Å². The van der Waals surface area contributed by atoms with Crippen LogP contribution in [0.15, 0.2) is 24.4 Å². The predicted molar refractivity (Wildman–Crippen MR) is 60.0 cm³/mol. The maximum Gasteiger partial charge on any atom is 0.252 e. The normalized spacial score (nSPS) is 10.5. The molecule has 0 spiro atoms. The molecule has 0 saturated carbocycles. The summed E-state index contributed by atoms with van der Waals surface area (Å²) in [6.07, 6.45) is 1.69. The maximum atomic E-state index is 11.2. The van der Waals surface area contributed by atoms with Gasteiger partial charge in [0.25, 0.3) is 5.91 Å². The van der Waals surface area contributed by atoms with Crippen LogP contribution in [0.3, 0.4) is 0 Å². The minimum absolute atomic E-state index is 0.286. The molecule has 2 aromatic rings. The number of amides is 1. The summed E-state index contributed by atoms with van der Waals surface area (Å²) < 4.78 is 0. The van der Waals surface area contributed by atoms with E-state index in [1.165, 1.54) is 0 Å². The summed E-state index contributed by atoms with van der Waals surface area (Å²) in [6.45, 7) is 1.94. The molecule has 1 heterocycles. The van der Waals surface area contributed by atoms with Crippen LogP contribution < -0.4 is 5.73 Å². The minimum atomic E-state index is -0.554. The number of primary amides is 1. The standard InChI is InChI=1S/C11H9ClN2O/c1-6-4-7-2-3-8(12)9(11(13)15)10(7)14-5-6/h2-5H,1H3,(H2,13,15). The third kappa shape index (κ3) is 1.66. The molecule has 3 nitrogen and oxygen atoms in total. The largest absolute Gasteiger partial charge is 0.365 e. The minimum Gasteiger partial charge on any atom is -0.365 e. The van der Waals surface area contributed by atoms with E-state index in [0.29, 0.717) is 10.5 Å². The van der Waals surface area contributed by atoms with Gasteiger partial charge in [-0.15, -0.1) is 0 Å². The quantitative estimate of drug-likeness (QED) is 0.802. The highest BCUT2D eigenvalue weighted by Crippen LogP contribution is 2.24. The van der Waals surface area contributed by atoms with Gasteiger partial charge >= 0.3 is 0 Å². The third-order valence-electron chi connectivity index (χ3n) is 2.19. The van der Waals surface area contributed by atoms with E-state index in [9.17, 15) is 4.79 Å². The molecule has 15 heavy (non-hydrogen) atoms. The average Bonchev–Trinajstić information content (AvgIpc) is 2.17. The Morgan fingerprint density at radius 2 is 2.20 bits per heavy atom. The van der Waals surface area contributed by atoms with Gasteiger partial charge in [-0.2, -0.15) is 0 Å². The number of nitrogens with zero attached hydrogens (tertiary/aromatic N) is 1. The molecule has 1 amide bonds. The molecule has 0 aliphatic heterocycles. The van der Waals surface area contributed by atoms with Crippen molar-refractivity contribution in [1.29, 1.82) is 0 Å². The van der Waals surface area contributed by atoms with Gasteiger partial charge in [0, 0.05) is 11.6 Å². The van der Waals surface area contributed by atoms with Gasteiger partial charge in [-0.25, -0.2) is 0 Å². The number of fused-ring (bicyclic) bond motifs is 1. The molecule has 2 N–H and O–H groups in total. The molecule has 0 fully saturated rings. The van der Waals surface area contributed by atoms with E-state index in [-0.39, 0.29) is 5.56 Å². The van der Waals surface area contributed by atoms with Crippen LogP contribution >= 0.6 is 11.6 Å². The Bertz CT molecular complexity index is 552. The van der Waals surface area contributed by atoms with Crippen LogP contribution in [0.5, 0.6) is 0 Å². The summed E-state index contributed by atoms with van der Waals surface area (Å²) in [6, 6.07) is 5.42.